The molecule has 7 N–H and O–H groups in total. The number of phenols is 1. The molecule has 0 aliphatic carbocycles. The first-order valence-electron chi connectivity index (χ1n) is 4.26. The summed E-state index contributed by atoms with van der Waals surface area (Å²) in [6.45, 7) is -0.505. The molecule has 1 rings (SSSR count). The Kier molecular flexibility index (Phi) is 6.61. The van der Waals surface area contributed by atoms with E-state index >= 15 is 0 Å². The summed E-state index contributed by atoms with van der Waals surface area (Å²) in [4.78, 5) is 13.9. The van der Waals surface area contributed by atoms with E-state index in [4.69, 9.17) is 27.0 Å². The van der Waals surface area contributed by atoms with Crippen molar-refractivity contribution in [2.45, 2.75) is 6.04 Å². The third kappa shape index (κ3) is 5.15. The maximum absolute atomic E-state index is 9.65. The molecule has 1 aromatic rings. The van der Waals surface area contributed by atoms with Crippen LogP contribution in [-0.4, -0.2) is 33.9 Å². The van der Waals surface area contributed by atoms with Gasteiger partial charge in [0.05, 0.1) is 6.61 Å². The number of hydrogen-bond acceptors (Lipinski definition) is 6. The van der Waals surface area contributed by atoms with E-state index in [1.54, 1.807) is 18.2 Å². The minimum Gasteiger partial charge on any atom is -0.504 e. The molecule has 0 aliphatic rings. The molecule has 16 heavy (non-hydrogen) atoms. The van der Waals surface area contributed by atoms with E-state index in [9.17, 15) is 4.79 Å². The lowest BCUT2D eigenvalue weighted by Gasteiger charge is -1.98. The molecule has 0 saturated heterocycles. The van der Waals surface area contributed by atoms with Gasteiger partial charge < -0.3 is 25.9 Å². The topological polar surface area (TPSA) is 139 Å². The van der Waals surface area contributed by atoms with Gasteiger partial charge in [0.2, 0.25) is 0 Å². The second kappa shape index (κ2) is 7.46. The molecule has 0 aromatic heterocycles. The molecule has 90 valence electrons. The van der Waals surface area contributed by atoms with Crippen LogP contribution in [0, 0.1) is 0 Å². The van der Waals surface area contributed by atoms with Crippen molar-refractivity contribution in [3.8, 4) is 11.5 Å². The van der Waals surface area contributed by atoms with Gasteiger partial charge in [0, 0.05) is 0 Å². The van der Waals surface area contributed by atoms with Crippen LogP contribution in [0.5, 0.6) is 11.5 Å². The molecule has 1 atom stereocenters. The smallest absolute Gasteiger partial charge is 0.322 e. The minimum atomic E-state index is -1.18. The summed E-state index contributed by atoms with van der Waals surface area (Å²) < 4.78 is 0. The highest BCUT2D eigenvalue weighted by Gasteiger charge is 2.07. The van der Waals surface area contributed by atoms with Gasteiger partial charge >= 0.3 is 5.97 Å². The molecule has 1 unspecified atom stereocenters. The molecule has 0 radical (unpaired) electrons. The fourth-order valence-corrected chi connectivity index (χ4v) is 0.635. The van der Waals surface area contributed by atoms with Crippen LogP contribution >= 0.6 is 0 Å². The predicted octanol–water partition coefficient (Wildman–Crippen LogP) is -0.965. The Bertz CT molecular complexity index is 331. The van der Waals surface area contributed by atoms with E-state index < -0.39 is 18.6 Å². The molecule has 7 nitrogen and oxygen atoms in total. The monoisotopic (exact) mass is 230 g/mol. The van der Waals surface area contributed by atoms with Crippen molar-refractivity contribution in [3.05, 3.63) is 24.3 Å². The lowest BCUT2D eigenvalue weighted by molar-refractivity contribution is -0.139. The summed E-state index contributed by atoms with van der Waals surface area (Å²) in [5.74, 6) is 3.96. The fourth-order valence-electron chi connectivity index (χ4n) is 0.635. The van der Waals surface area contributed by atoms with E-state index in [2.05, 4.69) is 4.84 Å². The normalized spacial score (nSPS) is 10.9. The van der Waals surface area contributed by atoms with Crippen LogP contribution in [0.3, 0.4) is 0 Å². The van der Waals surface area contributed by atoms with Gasteiger partial charge in [0.25, 0.3) is 0 Å². The Labute approximate surface area is 91.8 Å². The van der Waals surface area contributed by atoms with Gasteiger partial charge in [-0.1, -0.05) is 12.1 Å². The van der Waals surface area contributed by atoms with Crippen LogP contribution in [0.25, 0.3) is 0 Å². The van der Waals surface area contributed by atoms with Crippen LogP contribution in [0.15, 0.2) is 24.3 Å². The molecule has 7 heteroatoms. The Balaban J connectivity index is 0.000000293. The Morgan fingerprint density at radius 2 is 2.00 bits per heavy atom. The van der Waals surface area contributed by atoms with Crippen LogP contribution in [0.4, 0.5) is 0 Å². The number of hydrogen-bond donors (Lipinski definition) is 5. The summed E-state index contributed by atoms with van der Waals surface area (Å²) in [6.07, 6.45) is 0. The molecule has 0 fully saturated rings. The van der Waals surface area contributed by atoms with Gasteiger partial charge in [-0.3, -0.25) is 4.79 Å². The lowest BCUT2D eigenvalue weighted by atomic mass is 10.3. The Morgan fingerprint density at radius 3 is 2.25 bits per heavy atom. The number of carbonyl (C=O) groups is 1. The first-order chi connectivity index (χ1) is 7.52. The van der Waals surface area contributed by atoms with Crippen molar-refractivity contribution in [2.24, 2.45) is 11.6 Å². The van der Waals surface area contributed by atoms with Crippen molar-refractivity contribution in [1.29, 1.82) is 0 Å². The zero-order chi connectivity index (χ0) is 12.6. The third-order valence-corrected chi connectivity index (χ3v) is 1.51. The first-order valence-corrected chi connectivity index (χ1v) is 4.26. The van der Waals surface area contributed by atoms with E-state index in [-0.39, 0.29) is 11.5 Å². The summed E-state index contributed by atoms with van der Waals surface area (Å²) in [7, 11) is 0. The highest BCUT2D eigenvalue weighted by molar-refractivity contribution is 5.73. The van der Waals surface area contributed by atoms with Gasteiger partial charge in [0.15, 0.2) is 11.5 Å². The van der Waals surface area contributed by atoms with Crippen molar-refractivity contribution in [2.75, 3.05) is 6.61 Å². The lowest BCUT2D eigenvalue weighted by Crippen LogP contribution is -2.33. The number of nitrogens with two attached hydrogens (primary N) is 2. The number of carboxylic acid groups (broad SMARTS) is 1. The SMILES string of the molecule is NC(CO)C(=O)O.NOc1ccccc1O. The Morgan fingerprint density at radius 1 is 1.44 bits per heavy atom. The number of aliphatic hydroxyl groups is 1. The largest absolute Gasteiger partial charge is 0.504 e. The van der Waals surface area contributed by atoms with E-state index in [0.717, 1.165) is 0 Å². The maximum Gasteiger partial charge on any atom is 0.322 e. The van der Waals surface area contributed by atoms with E-state index in [1.807, 2.05) is 0 Å². The van der Waals surface area contributed by atoms with Crippen LogP contribution in [-0.2, 0) is 4.79 Å². The second-order valence-corrected chi connectivity index (χ2v) is 2.71. The summed E-state index contributed by atoms with van der Waals surface area (Å²) in [6, 6.07) is 5.37. The fraction of sp³-hybridized carbons (Fsp3) is 0.222. The third-order valence-electron chi connectivity index (χ3n) is 1.51. The summed E-state index contributed by atoms with van der Waals surface area (Å²) >= 11 is 0. The van der Waals surface area contributed by atoms with Crippen molar-refractivity contribution >= 4 is 5.97 Å². The molecule has 0 heterocycles. The zero-order valence-corrected chi connectivity index (χ0v) is 8.41. The number of aliphatic carboxylic acids is 1. The van der Waals surface area contributed by atoms with Crippen molar-refractivity contribution in [1.82, 2.24) is 0 Å². The average Bonchev–Trinajstić information content (AvgIpc) is 2.29. The molecule has 0 saturated carbocycles. The molecular formula is C9H14N2O5. The highest BCUT2D eigenvalue weighted by atomic mass is 16.6. The number of carboxylic acids is 1. The maximum atomic E-state index is 9.65. The molecule has 0 amide bonds. The number of aromatic hydroxyl groups is 1. The average molecular weight is 230 g/mol. The number of phenolic OH excluding ortho intramolecular Hbond substituents is 1. The standard InChI is InChI=1S/C6H7NO2.C3H7NO3/c7-9-6-4-2-1-3-5(6)8;4-2(1-5)3(6)7/h1-4,8H,7H2;2,5H,1,4H2,(H,6,7). The quantitative estimate of drug-likeness (QED) is 0.421. The number of para-hydroxylation sites is 2. The molecule has 0 bridgehead atoms. The second-order valence-electron chi connectivity index (χ2n) is 2.71. The predicted molar refractivity (Wildman–Crippen MR) is 55.6 cm³/mol. The summed E-state index contributed by atoms with van der Waals surface area (Å²) in [5, 5.41) is 24.8. The number of benzene rings is 1. The summed E-state index contributed by atoms with van der Waals surface area (Å²) in [5.41, 5.74) is 4.77. The van der Waals surface area contributed by atoms with Crippen LogP contribution < -0.4 is 16.5 Å². The number of rotatable bonds is 3. The van der Waals surface area contributed by atoms with Gasteiger partial charge in [-0.2, -0.15) is 5.90 Å². The number of aliphatic hydroxyl groups excluding tert-OH is 1. The van der Waals surface area contributed by atoms with Crippen LogP contribution in [0.1, 0.15) is 0 Å². The molecule has 1 aromatic carbocycles. The van der Waals surface area contributed by atoms with Crippen molar-refractivity contribution < 1.29 is 25.0 Å². The van der Waals surface area contributed by atoms with Gasteiger partial charge in [-0.05, 0) is 12.1 Å². The highest BCUT2D eigenvalue weighted by Crippen LogP contribution is 2.22. The first kappa shape index (κ1) is 14.2. The van der Waals surface area contributed by atoms with Gasteiger partial charge in [0.1, 0.15) is 6.04 Å². The van der Waals surface area contributed by atoms with E-state index in [1.165, 1.54) is 6.07 Å². The minimum absolute atomic E-state index is 0.0556. The molecular weight excluding hydrogens is 216 g/mol. The Hall–Kier alpha value is -1.83. The van der Waals surface area contributed by atoms with Crippen molar-refractivity contribution in [3.63, 3.8) is 0 Å². The van der Waals surface area contributed by atoms with E-state index in [0.29, 0.717) is 0 Å². The molecule has 0 aliphatic heterocycles. The molecule has 0 spiro atoms. The zero-order valence-electron chi connectivity index (χ0n) is 8.41. The van der Waals surface area contributed by atoms with Crippen LogP contribution in [0.2, 0.25) is 0 Å². The van der Waals surface area contributed by atoms with Gasteiger partial charge in [-0.15, -0.1) is 0 Å². The van der Waals surface area contributed by atoms with Gasteiger partial charge in [-0.25, -0.2) is 0 Å².